The fourth-order valence-electron chi connectivity index (χ4n) is 2.77. The number of carbonyl (C=O) groups is 2. The Morgan fingerprint density at radius 1 is 0.970 bits per heavy atom. The highest BCUT2D eigenvalue weighted by atomic mass is 35.5. The van der Waals surface area contributed by atoms with E-state index < -0.39 is 17.7 Å². The van der Waals surface area contributed by atoms with Crippen LogP contribution in [0.5, 0.6) is 23.0 Å². The molecule has 0 fully saturated rings. The number of azo groups is 1. The normalized spacial score (nSPS) is 11.7. The highest BCUT2D eigenvalue weighted by Gasteiger charge is 2.26. The van der Waals surface area contributed by atoms with E-state index in [9.17, 15) is 9.59 Å². The number of ketones is 1. The van der Waals surface area contributed by atoms with Gasteiger partial charge in [0.05, 0.1) is 43.2 Å². The van der Waals surface area contributed by atoms with Crippen LogP contribution in [0.3, 0.4) is 0 Å². The van der Waals surface area contributed by atoms with E-state index in [1.807, 2.05) is 6.92 Å². The Morgan fingerprint density at radius 2 is 1.64 bits per heavy atom. The Bertz CT molecular complexity index is 1050. The summed E-state index contributed by atoms with van der Waals surface area (Å²) >= 11 is 12.4. The molecule has 1 atom stereocenters. The van der Waals surface area contributed by atoms with Crippen LogP contribution in [0.2, 0.25) is 10.0 Å². The van der Waals surface area contributed by atoms with Crippen LogP contribution in [0.25, 0.3) is 0 Å². The van der Waals surface area contributed by atoms with Gasteiger partial charge in [-0.05, 0) is 39.0 Å². The van der Waals surface area contributed by atoms with Gasteiger partial charge in [0.2, 0.25) is 6.04 Å². The minimum absolute atomic E-state index is 0.147. The number of Topliss-reactive ketones (excluding diaryl/α,β-unsaturated/α-hetero) is 1. The fourth-order valence-corrected chi connectivity index (χ4v) is 3.19. The zero-order chi connectivity index (χ0) is 24.5. The number of nitrogens with one attached hydrogen (secondary N) is 1. The minimum Gasteiger partial charge on any atom is -0.495 e. The Kier molecular flexibility index (Phi) is 9.74. The van der Waals surface area contributed by atoms with Gasteiger partial charge in [-0.15, -0.1) is 5.11 Å². The molecule has 0 saturated heterocycles. The summed E-state index contributed by atoms with van der Waals surface area (Å²) < 4.78 is 21.6. The zero-order valence-electron chi connectivity index (χ0n) is 18.9. The molecule has 11 heteroatoms. The Balaban J connectivity index is 2.39. The number of hydrogen-bond acceptors (Lipinski definition) is 8. The van der Waals surface area contributed by atoms with Gasteiger partial charge in [0.15, 0.2) is 17.3 Å². The predicted molar refractivity (Wildman–Crippen MR) is 126 cm³/mol. The summed E-state index contributed by atoms with van der Waals surface area (Å²) in [5.74, 6) is 0.0586. The SMILES string of the molecule is CCOc1ccc(Cl)c(N=NC(C(C)=O)C(=O)Nc2cc(Cl)c(OC)cc2OC)c1OCC. The quantitative estimate of drug-likeness (QED) is 0.324. The molecule has 0 saturated carbocycles. The van der Waals surface area contributed by atoms with Crippen molar-refractivity contribution >= 4 is 46.3 Å². The second-order valence-electron chi connectivity index (χ2n) is 6.49. The van der Waals surface area contributed by atoms with E-state index in [4.69, 9.17) is 42.1 Å². The summed E-state index contributed by atoms with van der Waals surface area (Å²) in [6.07, 6.45) is 0. The zero-order valence-corrected chi connectivity index (χ0v) is 20.4. The van der Waals surface area contributed by atoms with Gasteiger partial charge < -0.3 is 24.3 Å². The first-order valence-corrected chi connectivity index (χ1v) is 10.7. The van der Waals surface area contributed by atoms with Gasteiger partial charge >= 0.3 is 0 Å². The van der Waals surface area contributed by atoms with Gasteiger partial charge in [0.25, 0.3) is 5.91 Å². The second-order valence-corrected chi connectivity index (χ2v) is 7.31. The maximum Gasteiger partial charge on any atom is 0.258 e. The molecule has 0 aromatic heterocycles. The lowest BCUT2D eigenvalue weighted by Gasteiger charge is -2.15. The molecular weight excluding hydrogens is 473 g/mol. The molecule has 0 aliphatic heterocycles. The molecule has 0 heterocycles. The molecule has 0 spiro atoms. The smallest absolute Gasteiger partial charge is 0.258 e. The molecule has 0 radical (unpaired) electrons. The maximum absolute atomic E-state index is 12.9. The summed E-state index contributed by atoms with van der Waals surface area (Å²) in [6.45, 7) is 5.54. The van der Waals surface area contributed by atoms with Crippen molar-refractivity contribution < 1.29 is 28.5 Å². The number of anilines is 1. The van der Waals surface area contributed by atoms with Gasteiger partial charge in [-0.2, -0.15) is 5.11 Å². The Hall–Kier alpha value is -3.04. The van der Waals surface area contributed by atoms with Crippen molar-refractivity contribution in [1.82, 2.24) is 0 Å². The van der Waals surface area contributed by atoms with Gasteiger partial charge in [0, 0.05) is 6.07 Å². The third-order valence-electron chi connectivity index (χ3n) is 4.27. The summed E-state index contributed by atoms with van der Waals surface area (Å²) in [4.78, 5) is 25.1. The molecule has 178 valence electrons. The van der Waals surface area contributed by atoms with Crippen LogP contribution in [0.15, 0.2) is 34.5 Å². The van der Waals surface area contributed by atoms with Crippen LogP contribution < -0.4 is 24.3 Å². The Morgan fingerprint density at radius 3 is 2.21 bits per heavy atom. The monoisotopic (exact) mass is 497 g/mol. The standard InChI is InChI=1S/C22H25Cl2N3O6/c1-6-32-16-9-8-13(23)20(21(16)33-7-2)27-26-19(12(3)28)22(29)25-15-10-14(24)17(30-4)11-18(15)31-5/h8-11,19H,6-7H2,1-5H3,(H,25,29). The number of methoxy groups -OCH3 is 2. The minimum atomic E-state index is -1.46. The van der Waals surface area contributed by atoms with Crippen molar-refractivity contribution in [2.24, 2.45) is 10.2 Å². The van der Waals surface area contributed by atoms with E-state index in [0.717, 1.165) is 0 Å². The van der Waals surface area contributed by atoms with E-state index in [0.29, 0.717) is 24.7 Å². The largest absolute Gasteiger partial charge is 0.495 e. The van der Waals surface area contributed by atoms with Crippen molar-refractivity contribution in [3.05, 3.63) is 34.3 Å². The Labute approximate surface area is 202 Å². The molecule has 1 N–H and O–H groups in total. The molecule has 0 aliphatic rings. The molecule has 2 aromatic carbocycles. The first-order chi connectivity index (χ1) is 15.8. The average Bonchev–Trinajstić information content (AvgIpc) is 2.77. The van der Waals surface area contributed by atoms with Crippen LogP contribution in [0, 0.1) is 0 Å². The van der Waals surface area contributed by atoms with Gasteiger partial charge in [-0.25, -0.2) is 0 Å². The second kappa shape index (κ2) is 12.3. The van der Waals surface area contributed by atoms with Crippen molar-refractivity contribution in [3.8, 4) is 23.0 Å². The number of hydrogen-bond donors (Lipinski definition) is 1. The van der Waals surface area contributed by atoms with Crippen LogP contribution in [0.4, 0.5) is 11.4 Å². The number of carbonyl (C=O) groups excluding carboxylic acids is 2. The summed E-state index contributed by atoms with van der Waals surface area (Å²) in [5, 5.41) is 11.1. The van der Waals surface area contributed by atoms with Gasteiger partial charge in [0.1, 0.15) is 17.2 Å². The topological polar surface area (TPSA) is 108 Å². The number of rotatable bonds is 11. The first kappa shape index (κ1) is 26.2. The van der Waals surface area contributed by atoms with Crippen LogP contribution in [-0.2, 0) is 9.59 Å². The molecule has 0 aliphatic carbocycles. The van der Waals surface area contributed by atoms with E-state index in [-0.39, 0.29) is 32.9 Å². The lowest BCUT2D eigenvalue weighted by Crippen LogP contribution is -2.32. The molecule has 33 heavy (non-hydrogen) atoms. The van der Waals surface area contributed by atoms with Crippen molar-refractivity contribution in [2.75, 3.05) is 32.8 Å². The van der Waals surface area contributed by atoms with Crippen LogP contribution >= 0.6 is 23.2 Å². The van der Waals surface area contributed by atoms with E-state index in [1.165, 1.54) is 33.3 Å². The number of nitrogens with zero attached hydrogens (tertiary/aromatic N) is 2. The molecule has 0 bridgehead atoms. The molecule has 2 aromatic rings. The van der Waals surface area contributed by atoms with E-state index in [2.05, 4.69) is 15.5 Å². The fraction of sp³-hybridized carbons (Fsp3) is 0.364. The molecule has 2 rings (SSSR count). The van der Waals surface area contributed by atoms with Crippen molar-refractivity contribution in [3.63, 3.8) is 0 Å². The number of ether oxygens (including phenoxy) is 4. The lowest BCUT2D eigenvalue weighted by atomic mass is 10.2. The molecule has 1 unspecified atom stereocenters. The number of halogens is 2. The van der Waals surface area contributed by atoms with Crippen LogP contribution in [-0.4, -0.2) is 45.2 Å². The van der Waals surface area contributed by atoms with E-state index in [1.54, 1.807) is 19.1 Å². The van der Waals surface area contributed by atoms with Gasteiger partial charge in [-0.1, -0.05) is 23.2 Å². The average molecular weight is 498 g/mol. The summed E-state index contributed by atoms with van der Waals surface area (Å²) in [7, 11) is 2.87. The van der Waals surface area contributed by atoms with E-state index >= 15 is 0 Å². The lowest BCUT2D eigenvalue weighted by molar-refractivity contribution is -0.126. The summed E-state index contributed by atoms with van der Waals surface area (Å²) in [5.41, 5.74) is 0.384. The molecule has 1 amide bonds. The van der Waals surface area contributed by atoms with Gasteiger partial charge in [-0.3, -0.25) is 9.59 Å². The number of amides is 1. The highest BCUT2D eigenvalue weighted by Crippen LogP contribution is 2.43. The summed E-state index contributed by atoms with van der Waals surface area (Å²) in [6, 6.07) is 4.70. The first-order valence-electron chi connectivity index (χ1n) is 9.99. The predicted octanol–water partition coefficient (Wildman–Crippen LogP) is 5.49. The molecular formula is C22H25Cl2N3O6. The third-order valence-corrected chi connectivity index (χ3v) is 4.87. The third kappa shape index (κ3) is 6.49. The highest BCUT2D eigenvalue weighted by molar-refractivity contribution is 6.33. The number of benzene rings is 2. The molecule has 9 nitrogen and oxygen atoms in total. The van der Waals surface area contributed by atoms with Crippen molar-refractivity contribution in [2.45, 2.75) is 26.8 Å². The van der Waals surface area contributed by atoms with Crippen LogP contribution in [0.1, 0.15) is 20.8 Å². The van der Waals surface area contributed by atoms with Crippen molar-refractivity contribution in [1.29, 1.82) is 0 Å². The maximum atomic E-state index is 12.9.